The largest absolute Gasteiger partial charge is 0.349 e. The molecule has 6 heteroatoms. The van der Waals surface area contributed by atoms with Crippen LogP contribution in [0.4, 0.5) is 0 Å². The first-order valence-corrected chi connectivity index (χ1v) is 7.07. The van der Waals surface area contributed by atoms with Gasteiger partial charge in [-0.2, -0.15) is 0 Å². The highest BCUT2D eigenvalue weighted by atomic mass is 79.9. The van der Waals surface area contributed by atoms with E-state index in [0.717, 1.165) is 4.47 Å². The molecule has 0 saturated carbocycles. The molecule has 5 nitrogen and oxygen atoms in total. The molecule has 1 aromatic rings. The van der Waals surface area contributed by atoms with Crippen molar-refractivity contribution in [3.63, 3.8) is 0 Å². The van der Waals surface area contributed by atoms with Crippen molar-refractivity contribution in [2.45, 2.75) is 12.8 Å². The number of rotatable bonds is 4. The molecule has 0 saturated heterocycles. The number of imide groups is 1. The first kappa shape index (κ1) is 14.7. The first-order chi connectivity index (χ1) is 9.41. The van der Waals surface area contributed by atoms with E-state index in [1.54, 1.807) is 32.3 Å². The van der Waals surface area contributed by atoms with Crippen molar-refractivity contribution in [3.8, 4) is 0 Å². The third-order valence-corrected chi connectivity index (χ3v) is 3.70. The second-order valence-corrected chi connectivity index (χ2v) is 5.76. The van der Waals surface area contributed by atoms with Crippen LogP contribution in [0.1, 0.15) is 33.6 Å². The summed E-state index contributed by atoms with van der Waals surface area (Å²) in [6.07, 6.45) is 0.799. The highest BCUT2D eigenvalue weighted by Gasteiger charge is 2.35. The molecule has 0 bridgehead atoms. The number of carbonyl (C=O) groups is 3. The van der Waals surface area contributed by atoms with E-state index >= 15 is 0 Å². The van der Waals surface area contributed by atoms with Gasteiger partial charge in [-0.15, -0.1) is 0 Å². The standard InChI is InChI=1S/C14H15BrN2O3/c1-16(2)12(18)4-3-7-17-13(19)10-6-5-9(15)8-11(10)14(17)20/h5-6,8H,3-4,7H2,1-2H3. The molecule has 0 spiro atoms. The van der Waals surface area contributed by atoms with Crippen LogP contribution >= 0.6 is 15.9 Å². The van der Waals surface area contributed by atoms with Crippen LogP contribution in [-0.2, 0) is 4.79 Å². The number of benzene rings is 1. The lowest BCUT2D eigenvalue weighted by Gasteiger charge is -2.14. The Morgan fingerprint density at radius 3 is 2.50 bits per heavy atom. The van der Waals surface area contributed by atoms with E-state index in [4.69, 9.17) is 0 Å². The summed E-state index contributed by atoms with van der Waals surface area (Å²) in [5, 5.41) is 0. The molecule has 1 aromatic carbocycles. The van der Waals surface area contributed by atoms with Gasteiger partial charge in [0.2, 0.25) is 5.91 Å². The van der Waals surface area contributed by atoms with E-state index in [1.807, 2.05) is 0 Å². The third-order valence-electron chi connectivity index (χ3n) is 3.20. The summed E-state index contributed by atoms with van der Waals surface area (Å²) >= 11 is 3.29. The molecule has 0 aliphatic carbocycles. The van der Waals surface area contributed by atoms with Crippen molar-refractivity contribution >= 4 is 33.7 Å². The SMILES string of the molecule is CN(C)C(=O)CCCN1C(=O)c2ccc(Br)cc2C1=O. The van der Waals surface area contributed by atoms with Gasteiger partial charge in [0.15, 0.2) is 0 Å². The molecule has 1 aliphatic heterocycles. The van der Waals surface area contributed by atoms with Crippen LogP contribution < -0.4 is 0 Å². The van der Waals surface area contributed by atoms with Gasteiger partial charge in [-0.25, -0.2) is 0 Å². The molecule has 1 heterocycles. The zero-order valence-corrected chi connectivity index (χ0v) is 12.9. The number of hydrogen-bond acceptors (Lipinski definition) is 3. The van der Waals surface area contributed by atoms with Crippen molar-refractivity contribution in [2.75, 3.05) is 20.6 Å². The number of halogens is 1. The second kappa shape index (κ2) is 5.75. The van der Waals surface area contributed by atoms with Crippen LogP contribution in [-0.4, -0.2) is 48.2 Å². The third kappa shape index (κ3) is 2.75. The van der Waals surface area contributed by atoms with Crippen LogP contribution in [0.3, 0.4) is 0 Å². The van der Waals surface area contributed by atoms with E-state index in [-0.39, 0.29) is 24.3 Å². The van der Waals surface area contributed by atoms with Crippen LogP contribution in [0.25, 0.3) is 0 Å². The van der Waals surface area contributed by atoms with E-state index in [0.29, 0.717) is 24.0 Å². The normalized spacial score (nSPS) is 13.7. The molecule has 0 fully saturated rings. The number of fused-ring (bicyclic) bond motifs is 1. The van der Waals surface area contributed by atoms with Crippen LogP contribution in [0.5, 0.6) is 0 Å². The van der Waals surface area contributed by atoms with Gasteiger partial charge in [-0.3, -0.25) is 19.3 Å². The fourth-order valence-corrected chi connectivity index (χ4v) is 2.44. The predicted molar refractivity (Wildman–Crippen MR) is 77.4 cm³/mol. The summed E-state index contributed by atoms with van der Waals surface area (Å²) in [5.74, 6) is -0.581. The average Bonchev–Trinajstić information content (AvgIpc) is 2.63. The number of amides is 3. The van der Waals surface area contributed by atoms with E-state index in [2.05, 4.69) is 15.9 Å². The fraction of sp³-hybridized carbons (Fsp3) is 0.357. The predicted octanol–water partition coefficient (Wildman–Crippen LogP) is 1.91. The van der Waals surface area contributed by atoms with E-state index < -0.39 is 0 Å². The van der Waals surface area contributed by atoms with Gasteiger partial charge in [0.1, 0.15) is 0 Å². The molecule has 0 atom stereocenters. The molecule has 0 aromatic heterocycles. The molecule has 20 heavy (non-hydrogen) atoms. The molecule has 2 rings (SSSR count). The fourth-order valence-electron chi connectivity index (χ4n) is 2.08. The molecular weight excluding hydrogens is 324 g/mol. The van der Waals surface area contributed by atoms with Gasteiger partial charge < -0.3 is 4.90 Å². The Kier molecular flexibility index (Phi) is 4.23. The Bertz CT molecular complexity index is 584. The van der Waals surface area contributed by atoms with Gasteiger partial charge in [-0.1, -0.05) is 15.9 Å². The minimum Gasteiger partial charge on any atom is -0.349 e. The highest BCUT2D eigenvalue weighted by Crippen LogP contribution is 2.26. The van der Waals surface area contributed by atoms with Gasteiger partial charge >= 0.3 is 0 Å². The minimum absolute atomic E-state index is 0.00986. The summed E-state index contributed by atoms with van der Waals surface area (Å²) in [6, 6.07) is 5.04. The monoisotopic (exact) mass is 338 g/mol. The highest BCUT2D eigenvalue weighted by molar-refractivity contribution is 9.10. The molecule has 1 aliphatic rings. The minimum atomic E-state index is -0.288. The van der Waals surface area contributed by atoms with Gasteiger partial charge in [0, 0.05) is 31.5 Å². The Hall–Kier alpha value is -1.69. The van der Waals surface area contributed by atoms with Crippen molar-refractivity contribution in [1.82, 2.24) is 9.80 Å². The van der Waals surface area contributed by atoms with Gasteiger partial charge in [-0.05, 0) is 24.6 Å². The summed E-state index contributed by atoms with van der Waals surface area (Å²) in [6.45, 7) is 0.267. The second-order valence-electron chi connectivity index (χ2n) is 4.84. The number of carbonyl (C=O) groups excluding carboxylic acids is 3. The maximum Gasteiger partial charge on any atom is 0.261 e. The topological polar surface area (TPSA) is 57.7 Å². The Balaban J connectivity index is 2.04. The Labute approximate surface area is 125 Å². The zero-order chi connectivity index (χ0) is 14.9. The smallest absolute Gasteiger partial charge is 0.261 e. The molecular formula is C14H15BrN2O3. The van der Waals surface area contributed by atoms with Crippen molar-refractivity contribution < 1.29 is 14.4 Å². The van der Waals surface area contributed by atoms with Gasteiger partial charge in [0.05, 0.1) is 11.1 Å². The molecule has 106 valence electrons. The van der Waals surface area contributed by atoms with Crippen LogP contribution in [0, 0.1) is 0 Å². The summed E-state index contributed by atoms with van der Waals surface area (Å²) in [5.41, 5.74) is 0.848. The summed E-state index contributed by atoms with van der Waals surface area (Å²) < 4.78 is 0.766. The van der Waals surface area contributed by atoms with Crippen LogP contribution in [0.15, 0.2) is 22.7 Å². The average molecular weight is 339 g/mol. The van der Waals surface area contributed by atoms with E-state index in [9.17, 15) is 14.4 Å². The summed E-state index contributed by atoms with van der Waals surface area (Å²) in [7, 11) is 3.36. The first-order valence-electron chi connectivity index (χ1n) is 6.27. The summed E-state index contributed by atoms with van der Waals surface area (Å²) in [4.78, 5) is 38.5. The number of hydrogen-bond donors (Lipinski definition) is 0. The lowest BCUT2D eigenvalue weighted by molar-refractivity contribution is -0.128. The van der Waals surface area contributed by atoms with Crippen molar-refractivity contribution in [3.05, 3.63) is 33.8 Å². The quantitative estimate of drug-likeness (QED) is 0.788. The molecule has 0 radical (unpaired) electrons. The van der Waals surface area contributed by atoms with Gasteiger partial charge in [0.25, 0.3) is 11.8 Å². The van der Waals surface area contributed by atoms with E-state index in [1.165, 1.54) is 9.80 Å². The van der Waals surface area contributed by atoms with Crippen molar-refractivity contribution in [1.29, 1.82) is 0 Å². The zero-order valence-electron chi connectivity index (χ0n) is 11.4. The van der Waals surface area contributed by atoms with Crippen LogP contribution in [0.2, 0.25) is 0 Å². The molecule has 0 N–H and O–H groups in total. The lowest BCUT2D eigenvalue weighted by Crippen LogP contribution is -2.31. The van der Waals surface area contributed by atoms with Crippen molar-refractivity contribution in [2.24, 2.45) is 0 Å². The lowest BCUT2D eigenvalue weighted by atomic mass is 10.1. The Morgan fingerprint density at radius 2 is 1.85 bits per heavy atom. The maximum atomic E-state index is 12.2. The molecule has 3 amide bonds. The Morgan fingerprint density at radius 1 is 1.20 bits per heavy atom. The molecule has 0 unspecified atom stereocenters. The maximum absolute atomic E-state index is 12.2. The number of nitrogens with zero attached hydrogens (tertiary/aromatic N) is 2.